The molecule has 2 N–H and O–H groups in total. The van der Waals surface area contributed by atoms with E-state index in [1.165, 1.54) is 12.8 Å². The quantitative estimate of drug-likeness (QED) is 0.535. The summed E-state index contributed by atoms with van der Waals surface area (Å²) in [6, 6.07) is 10.1. The molecule has 0 amide bonds. The molecule has 2 atom stereocenters. The van der Waals surface area contributed by atoms with Crippen LogP contribution in [0.5, 0.6) is 0 Å². The highest BCUT2D eigenvalue weighted by atomic mass is 19.1. The number of nitrogens with zero attached hydrogens (tertiary/aromatic N) is 5. The van der Waals surface area contributed by atoms with E-state index in [0.29, 0.717) is 24.9 Å². The summed E-state index contributed by atoms with van der Waals surface area (Å²) in [6.07, 6.45) is 9.44. The molecule has 30 heavy (non-hydrogen) atoms. The summed E-state index contributed by atoms with van der Waals surface area (Å²) in [5, 5.41) is 10.8. The van der Waals surface area contributed by atoms with Gasteiger partial charge in [-0.05, 0) is 37.1 Å². The highest BCUT2D eigenvalue weighted by Crippen LogP contribution is 2.35. The van der Waals surface area contributed by atoms with Crippen LogP contribution in [0.2, 0.25) is 0 Å². The third kappa shape index (κ3) is 3.13. The van der Waals surface area contributed by atoms with Crippen molar-refractivity contribution in [2.24, 2.45) is 0 Å². The first-order valence-corrected chi connectivity index (χ1v) is 10.3. The Morgan fingerprint density at radius 2 is 1.97 bits per heavy atom. The minimum atomic E-state index is -0.912. The summed E-state index contributed by atoms with van der Waals surface area (Å²) >= 11 is 0. The molecule has 0 aromatic carbocycles. The van der Waals surface area contributed by atoms with E-state index in [0.717, 1.165) is 28.2 Å². The van der Waals surface area contributed by atoms with E-state index in [-0.39, 0.29) is 6.04 Å². The van der Waals surface area contributed by atoms with Gasteiger partial charge in [-0.15, -0.1) is 0 Å². The zero-order chi connectivity index (χ0) is 20.1. The summed E-state index contributed by atoms with van der Waals surface area (Å²) < 4.78 is 18.0. The largest absolute Gasteiger partial charge is 0.363 e. The highest BCUT2D eigenvalue weighted by Gasteiger charge is 2.27. The maximum atomic E-state index is 13.9. The van der Waals surface area contributed by atoms with Crippen molar-refractivity contribution in [3.63, 3.8) is 0 Å². The van der Waals surface area contributed by atoms with Gasteiger partial charge in [-0.2, -0.15) is 5.10 Å². The molecule has 5 heterocycles. The van der Waals surface area contributed by atoms with Gasteiger partial charge in [0.15, 0.2) is 0 Å². The number of hydrogen-bond acceptors (Lipinski definition) is 5. The van der Waals surface area contributed by atoms with E-state index in [1.807, 2.05) is 41.1 Å². The second kappa shape index (κ2) is 6.91. The number of rotatable bonds is 5. The molecular formula is C22H22FN7. The monoisotopic (exact) mass is 403 g/mol. The Kier molecular flexibility index (Phi) is 4.05. The van der Waals surface area contributed by atoms with Crippen LogP contribution in [0.3, 0.4) is 0 Å². The predicted octanol–water partition coefficient (Wildman–Crippen LogP) is 3.32. The Labute approximate surface area is 173 Å². The standard InChI is InChI=1S/C22H22FN7/c23-17-9-24-10-19(17)28-21-3-1-2-18(27-21)20-11-25-22-7-4-14(12-29(20)22)15-8-26-30(13-15)16-5-6-16/h1-4,7-8,11-13,16-17,19,24H,5-6,9-10H2,(H,27,28)/t17-,19-/m0/s1. The van der Waals surface area contributed by atoms with Crippen LogP contribution in [0.1, 0.15) is 18.9 Å². The SMILES string of the molecule is F[C@H]1CNC[C@@H]1Nc1cccc(-c2cnc3ccc(-c4cnn(C5CC5)c4)cn23)n1. The summed E-state index contributed by atoms with van der Waals surface area (Å²) in [5.74, 6) is 0.667. The number of halogens is 1. The first-order chi connectivity index (χ1) is 14.7. The number of nitrogens with one attached hydrogen (secondary N) is 2. The minimum Gasteiger partial charge on any atom is -0.363 e. The van der Waals surface area contributed by atoms with Gasteiger partial charge in [0.05, 0.1) is 35.9 Å². The first kappa shape index (κ1) is 17.6. The van der Waals surface area contributed by atoms with Crippen LogP contribution in [-0.2, 0) is 0 Å². The molecule has 1 aliphatic heterocycles. The molecule has 0 bridgehead atoms. The topological polar surface area (TPSA) is 72.1 Å². The van der Waals surface area contributed by atoms with Crippen molar-refractivity contribution in [2.75, 3.05) is 18.4 Å². The van der Waals surface area contributed by atoms with E-state index in [2.05, 4.69) is 43.9 Å². The fourth-order valence-electron chi connectivity index (χ4n) is 4.00. The van der Waals surface area contributed by atoms with Gasteiger partial charge in [-0.1, -0.05) is 6.07 Å². The third-order valence-electron chi connectivity index (χ3n) is 5.85. The fraction of sp³-hybridized carbons (Fsp3) is 0.318. The van der Waals surface area contributed by atoms with Gasteiger partial charge in [0, 0.05) is 36.6 Å². The lowest BCUT2D eigenvalue weighted by molar-refractivity contribution is 0.342. The van der Waals surface area contributed by atoms with E-state index in [9.17, 15) is 4.39 Å². The maximum absolute atomic E-state index is 13.9. The number of anilines is 1. The van der Waals surface area contributed by atoms with Crippen molar-refractivity contribution in [1.29, 1.82) is 0 Å². The average Bonchev–Trinajstić information content (AvgIpc) is 3.16. The lowest BCUT2D eigenvalue weighted by atomic mass is 10.1. The van der Waals surface area contributed by atoms with Crippen molar-refractivity contribution in [1.82, 2.24) is 29.5 Å². The van der Waals surface area contributed by atoms with Crippen LogP contribution >= 0.6 is 0 Å². The van der Waals surface area contributed by atoms with Gasteiger partial charge in [0.2, 0.25) is 0 Å². The Balaban J connectivity index is 1.34. The van der Waals surface area contributed by atoms with Gasteiger partial charge in [-0.25, -0.2) is 14.4 Å². The normalized spacial score (nSPS) is 21.4. The maximum Gasteiger partial charge on any atom is 0.137 e. The second-order valence-electron chi connectivity index (χ2n) is 8.06. The van der Waals surface area contributed by atoms with Crippen LogP contribution in [0, 0.1) is 0 Å². The van der Waals surface area contributed by atoms with Gasteiger partial charge in [0.1, 0.15) is 17.6 Å². The molecule has 0 unspecified atom stereocenters. The number of fused-ring (bicyclic) bond motifs is 1. The molecule has 0 spiro atoms. The number of aromatic nitrogens is 5. The van der Waals surface area contributed by atoms with Gasteiger partial charge < -0.3 is 10.6 Å². The van der Waals surface area contributed by atoms with Crippen molar-refractivity contribution >= 4 is 11.5 Å². The van der Waals surface area contributed by atoms with Gasteiger partial charge in [0.25, 0.3) is 0 Å². The van der Waals surface area contributed by atoms with E-state index in [4.69, 9.17) is 4.98 Å². The predicted molar refractivity (Wildman–Crippen MR) is 113 cm³/mol. The zero-order valence-corrected chi connectivity index (χ0v) is 16.4. The smallest absolute Gasteiger partial charge is 0.137 e. The summed E-state index contributed by atoms with van der Waals surface area (Å²) in [6.45, 7) is 0.977. The zero-order valence-electron chi connectivity index (χ0n) is 16.4. The Hall–Kier alpha value is -3.26. The second-order valence-corrected chi connectivity index (χ2v) is 8.06. The molecule has 0 radical (unpaired) electrons. The molecule has 152 valence electrons. The Bertz CT molecular complexity index is 1210. The lowest BCUT2D eigenvalue weighted by Crippen LogP contribution is -2.29. The molecule has 6 rings (SSSR count). The fourth-order valence-corrected chi connectivity index (χ4v) is 4.00. The number of alkyl halides is 1. The number of hydrogen-bond donors (Lipinski definition) is 2. The van der Waals surface area contributed by atoms with Crippen molar-refractivity contribution in [3.8, 4) is 22.5 Å². The van der Waals surface area contributed by atoms with E-state index >= 15 is 0 Å². The molecule has 1 saturated heterocycles. The van der Waals surface area contributed by atoms with Crippen LogP contribution in [0.15, 0.2) is 55.1 Å². The van der Waals surface area contributed by atoms with Crippen molar-refractivity contribution in [2.45, 2.75) is 31.1 Å². The molecule has 1 saturated carbocycles. The van der Waals surface area contributed by atoms with Crippen LogP contribution in [-0.4, -0.2) is 49.5 Å². The summed E-state index contributed by atoms with van der Waals surface area (Å²) in [7, 11) is 0. The lowest BCUT2D eigenvalue weighted by Gasteiger charge is -2.15. The van der Waals surface area contributed by atoms with Gasteiger partial charge in [-0.3, -0.25) is 9.08 Å². The Morgan fingerprint density at radius 3 is 2.80 bits per heavy atom. The van der Waals surface area contributed by atoms with Crippen molar-refractivity contribution in [3.05, 3.63) is 55.1 Å². The third-order valence-corrected chi connectivity index (χ3v) is 5.85. The summed E-state index contributed by atoms with van der Waals surface area (Å²) in [5.41, 5.74) is 4.72. The molecule has 1 aliphatic carbocycles. The highest BCUT2D eigenvalue weighted by molar-refractivity contribution is 5.67. The molecular weight excluding hydrogens is 381 g/mol. The van der Waals surface area contributed by atoms with Gasteiger partial charge >= 0.3 is 0 Å². The summed E-state index contributed by atoms with van der Waals surface area (Å²) in [4.78, 5) is 9.25. The molecule has 2 aliphatic rings. The molecule has 7 nitrogen and oxygen atoms in total. The molecule has 4 aromatic rings. The Morgan fingerprint density at radius 1 is 1.03 bits per heavy atom. The molecule has 4 aromatic heterocycles. The first-order valence-electron chi connectivity index (χ1n) is 10.3. The minimum absolute atomic E-state index is 0.260. The average molecular weight is 403 g/mol. The number of imidazole rings is 1. The van der Waals surface area contributed by atoms with E-state index in [1.54, 1.807) is 0 Å². The molecule has 8 heteroatoms. The van der Waals surface area contributed by atoms with Crippen molar-refractivity contribution < 1.29 is 4.39 Å². The molecule has 2 fully saturated rings. The number of pyridine rings is 2. The van der Waals surface area contributed by atoms with E-state index < -0.39 is 6.17 Å². The van der Waals surface area contributed by atoms with Crippen LogP contribution in [0.25, 0.3) is 28.2 Å². The van der Waals surface area contributed by atoms with Crippen LogP contribution < -0.4 is 10.6 Å². The van der Waals surface area contributed by atoms with Crippen LogP contribution in [0.4, 0.5) is 10.2 Å².